The third-order valence-electron chi connectivity index (χ3n) is 3.12. The smallest absolute Gasteiger partial charge is 0.211 e. The van der Waals surface area contributed by atoms with Gasteiger partial charge in [-0.15, -0.1) is 0 Å². The van der Waals surface area contributed by atoms with Gasteiger partial charge in [-0.2, -0.15) is 0 Å². The fourth-order valence-corrected chi connectivity index (χ4v) is 3.05. The zero-order valence-corrected chi connectivity index (χ0v) is 12.0. The molecule has 102 valence electrons. The molecule has 17 heavy (non-hydrogen) atoms. The number of likely N-dealkylation sites (N-methyl/N-ethyl adjacent to an activating group) is 1. The number of rotatable bonds is 6. The highest BCUT2D eigenvalue weighted by atomic mass is 32.2. The van der Waals surface area contributed by atoms with Gasteiger partial charge in [0.2, 0.25) is 10.0 Å². The third kappa shape index (κ3) is 5.81. The Bertz CT molecular complexity index is 317. The fourth-order valence-electron chi connectivity index (χ4n) is 2.10. The lowest BCUT2D eigenvalue weighted by atomic mass is 10.00. The Morgan fingerprint density at radius 1 is 1.41 bits per heavy atom. The Labute approximate surface area is 105 Å². The molecule has 0 aromatic carbocycles. The first-order valence-corrected chi connectivity index (χ1v) is 8.05. The molecule has 1 rings (SSSR count). The second-order valence-corrected chi connectivity index (χ2v) is 7.12. The summed E-state index contributed by atoms with van der Waals surface area (Å²) in [6.45, 7) is 4.26. The molecule has 1 unspecified atom stereocenters. The minimum absolute atomic E-state index is 0.459. The normalized spacial score (nSPS) is 23.2. The van der Waals surface area contributed by atoms with Gasteiger partial charge >= 0.3 is 0 Å². The van der Waals surface area contributed by atoms with Gasteiger partial charge in [0, 0.05) is 26.2 Å². The minimum atomic E-state index is -3.01. The van der Waals surface area contributed by atoms with E-state index in [4.69, 9.17) is 0 Å². The van der Waals surface area contributed by atoms with Crippen molar-refractivity contribution in [3.05, 3.63) is 0 Å². The number of hydrogen-bond donors (Lipinski definition) is 1. The molecule has 5 nitrogen and oxygen atoms in total. The molecule has 1 aliphatic rings. The number of hydrogen-bond acceptors (Lipinski definition) is 4. The van der Waals surface area contributed by atoms with Gasteiger partial charge in [-0.05, 0) is 39.4 Å². The maximum absolute atomic E-state index is 11.4. The Hall–Kier alpha value is -0.170. The Kier molecular flexibility index (Phi) is 5.85. The van der Waals surface area contributed by atoms with Crippen LogP contribution in [0.3, 0.4) is 0 Å². The zero-order chi connectivity index (χ0) is 12.9. The van der Waals surface area contributed by atoms with E-state index in [1.165, 1.54) is 6.26 Å². The lowest BCUT2D eigenvalue weighted by Crippen LogP contribution is -2.43. The van der Waals surface area contributed by atoms with Crippen molar-refractivity contribution < 1.29 is 8.42 Å². The van der Waals surface area contributed by atoms with Gasteiger partial charge in [0.25, 0.3) is 0 Å². The molecule has 0 amide bonds. The van der Waals surface area contributed by atoms with E-state index in [0.29, 0.717) is 19.0 Å². The highest BCUT2D eigenvalue weighted by Gasteiger charge is 2.25. The van der Waals surface area contributed by atoms with E-state index in [9.17, 15) is 8.42 Å². The lowest BCUT2D eigenvalue weighted by molar-refractivity contribution is 0.259. The SMILES string of the molecule is CN(C)CCNCC1CCCN(S(C)(=O)=O)C1. The van der Waals surface area contributed by atoms with Crippen molar-refractivity contribution >= 4 is 10.0 Å². The van der Waals surface area contributed by atoms with Crippen LogP contribution in [0.5, 0.6) is 0 Å². The van der Waals surface area contributed by atoms with Crippen LogP contribution in [0.15, 0.2) is 0 Å². The van der Waals surface area contributed by atoms with E-state index in [1.807, 2.05) is 14.1 Å². The van der Waals surface area contributed by atoms with Gasteiger partial charge in [0.1, 0.15) is 0 Å². The summed E-state index contributed by atoms with van der Waals surface area (Å²) in [4.78, 5) is 2.14. The monoisotopic (exact) mass is 263 g/mol. The summed E-state index contributed by atoms with van der Waals surface area (Å²) in [6, 6.07) is 0. The van der Waals surface area contributed by atoms with Crippen LogP contribution in [-0.2, 0) is 10.0 Å². The summed E-state index contributed by atoms with van der Waals surface area (Å²) in [5.74, 6) is 0.459. The summed E-state index contributed by atoms with van der Waals surface area (Å²) in [7, 11) is 1.09. The second kappa shape index (κ2) is 6.68. The van der Waals surface area contributed by atoms with Crippen LogP contribution >= 0.6 is 0 Å². The predicted molar refractivity (Wildman–Crippen MR) is 70.6 cm³/mol. The summed E-state index contributed by atoms with van der Waals surface area (Å²) in [6.07, 6.45) is 3.41. The van der Waals surface area contributed by atoms with Crippen LogP contribution in [-0.4, -0.2) is 70.7 Å². The molecule has 0 radical (unpaired) electrons. The van der Waals surface area contributed by atoms with Gasteiger partial charge in [-0.25, -0.2) is 12.7 Å². The topological polar surface area (TPSA) is 52.6 Å². The molecular formula is C11H25N3O2S. The zero-order valence-electron chi connectivity index (χ0n) is 11.1. The van der Waals surface area contributed by atoms with Gasteiger partial charge < -0.3 is 10.2 Å². The maximum Gasteiger partial charge on any atom is 0.211 e. The molecule has 1 N–H and O–H groups in total. The summed E-state index contributed by atoms with van der Waals surface area (Å²) < 4.78 is 24.5. The van der Waals surface area contributed by atoms with E-state index in [2.05, 4.69) is 10.2 Å². The average molecular weight is 263 g/mol. The minimum Gasteiger partial charge on any atom is -0.315 e. The summed E-state index contributed by atoms with van der Waals surface area (Å²) >= 11 is 0. The number of nitrogens with one attached hydrogen (secondary N) is 1. The van der Waals surface area contributed by atoms with Crippen molar-refractivity contribution in [2.75, 3.05) is 53.1 Å². The molecule has 1 aliphatic heterocycles. The van der Waals surface area contributed by atoms with Crippen molar-refractivity contribution in [3.63, 3.8) is 0 Å². The van der Waals surface area contributed by atoms with Crippen LogP contribution in [0.2, 0.25) is 0 Å². The molecular weight excluding hydrogens is 238 g/mol. The molecule has 0 aliphatic carbocycles. The van der Waals surface area contributed by atoms with Gasteiger partial charge in [0.15, 0.2) is 0 Å². The Morgan fingerprint density at radius 3 is 2.71 bits per heavy atom. The van der Waals surface area contributed by atoms with Crippen LogP contribution in [0.25, 0.3) is 0 Å². The van der Waals surface area contributed by atoms with Gasteiger partial charge in [-0.1, -0.05) is 0 Å². The van der Waals surface area contributed by atoms with Crippen LogP contribution in [0.4, 0.5) is 0 Å². The van der Waals surface area contributed by atoms with Crippen LogP contribution in [0, 0.1) is 5.92 Å². The predicted octanol–water partition coefficient (Wildman–Crippen LogP) is -0.191. The standard InChI is InChI=1S/C11H25N3O2S/c1-13(2)8-6-12-9-11-5-4-7-14(10-11)17(3,15)16/h11-12H,4-10H2,1-3H3. The molecule has 1 atom stereocenters. The summed E-state index contributed by atoms with van der Waals surface area (Å²) in [5, 5.41) is 3.40. The largest absolute Gasteiger partial charge is 0.315 e. The highest BCUT2D eigenvalue weighted by molar-refractivity contribution is 7.88. The molecule has 1 fully saturated rings. The van der Waals surface area contributed by atoms with E-state index >= 15 is 0 Å². The average Bonchev–Trinajstić information content (AvgIpc) is 2.23. The summed E-state index contributed by atoms with van der Waals surface area (Å²) in [5.41, 5.74) is 0. The first-order chi connectivity index (χ1) is 7.89. The van der Waals surface area contributed by atoms with Crippen LogP contribution < -0.4 is 5.32 Å². The number of sulfonamides is 1. The molecule has 0 aromatic heterocycles. The quantitative estimate of drug-likeness (QED) is 0.675. The number of nitrogens with zero attached hydrogens (tertiary/aromatic N) is 2. The van der Waals surface area contributed by atoms with Crippen LogP contribution in [0.1, 0.15) is 12.8 Å². The van der Waals surface area contributed by atoms with E-state index in [-0.39, 0.29) is 0 Å². The molecule has 1 heterocycles. The maximum atomic E-state index is 11.4. The second-order valence-electron chi connectivity index (χ2n) is 5.14. The molecule has 0 saturated carbocycles. The third-order valence-corrected chi connectivity index (χ3v) is 4.39. The molecule has 0 bridgehead atoms. The first-order valence-electron chi connectivity index (χ1n) is 6.20. The van der Waals surface area contributed by atoms with E-state index in [1.54, 1.807) is 4.31 Å². The fraction of sp³-hybridized carbons (Fsp3) is 1.00. The molecule has 6 heteroatoms. The molecule has 1 saturated heterocycles. The van der Waals surface area contributed by atoms with Crippen molar-refractivity contribution in [2.24, 2.45) is 5.92 Å². The molecule has 0 spiro atoms. The van der Waals surface area contributed by atoms with Crippen molar-refractivity contribution in [3.8, 4) is 0 Å². The first kappa shape index (κ1) is 14.9. The Morgan fingerprint density at radius 2 is 2.12 bits per heavy atom. The number of piperidine rings is 1. The van der Waals surface area contributed by atoms with Gasteiger partial charge in [-0.3, -0.25) is 0 Å². The van der Waals surface area contributed by atoms with E-state index < -0.39 is 10.0 Å². The Balaban J connectivity index is 2.26. The lowest BCUT2D eigenvalue weighted by Gasteiger charge is -2.31. The highest BCUT2D eigenvalue weighted by Crippen LogP contribution is 2.17. The van der Waals surface area contributed by atoms with Gasteiger partial charge in [0.05, 0.1) is 6.26 Å². The van der Waals surface area contributed by atoms with Crippen molar-refractivity contribution in [1.29, 1.82) is 0 Å². The van der Waals surface area contributed by atoms with Crippen molar-refractivity contribution in [2.45, 2.75) is 12.8 Å². The van der Waals surface area contributed by atoms with E-state index in [0.717, 1.165) is 32.5 Å². The van der Waals surface area contributed by atoms with Crippen molar-refractivity contribution in [1.82, 2.24) is 14.5 Å². The molecule has 0 aromatic rings.